The summed E-state index contributed by atoms with van der Waals surface area (Å²) >= 11 is 5.98. The number of hydrogen-bond acceptors (Lipinski definition) is 4. The first-order valence-electron chi connectivity index (χ1n) is 10.7. The largest absolute Gasteiger partial charge is 0.490 e. The van der Waals surface area contributed by atoms with Gasteiger partial charge >= 0.3 is 6.18 Å². The lowest BCUT2D eigenvalue weighted by Crippen LogP contribution is -2.27. The van der Waals surface area contributed by atoms with E-state index in [1.165, 1.54) is 4.68 Å². The van der Waals surface area contributed by atoms with E-state index in [2.05, 4.69) is 10.4 Å². The molecule has 10 heteroatoms. The summed E-state index contributed by atoms with van der Waals surface area (Å²) < 4.78 is 51.8. The van der Waals surface area contributed by atoms with E-state index in [1.807, 2.05) is 13.8 Å². The molecule has 0 radical (unpaired) electrons. The highest BCUT2D eigenvalue weighted by Crippen LogP contribution is 2.46. The molecule has 0 aliphatic heterocycles. The number of nitrogens with zero attached hydrogens (tertiary/aromatic N) is 2. The Labute approximate surface area is 190 Å². The van der Waals surface area contributed by atoms with Crippen LogP contribution in [0.4, 0.5) is 13.2 Å². The van der Waals surface area contributed by atoms with Crippen LogP contribution in [0.1, 0.15) is 56.0 Å². The third kappa shape index (κ3) is 6.09. The predicted molar refractivity (Wildman–Crippen MR) is 114 cm³/mol. The third-order valence-electron chi connectivity index (χ3n) is 5.01. The van der Waals surface area contributed by atoms with Crippen LogP contribution in [0.3, 0.4) is 0 Å². The molecular formula is C22H27ClF3N3O3. The number of aryl methyl sites for hydroxylation is 1. The Hall–Kier alpha value is -2.42. The molecule has 1 aliphatic carbocycles. The van der Waals surface area contributed by atoms with Gasteiger partial charge in [0.05, 0.1) is 30.4 Å². The Morgan fingerprint density at radius 1 is 1.22 bits per heavy atom. The summed E-state index contributed by atoms with van der Waals surface area (Å²) in [6, 6.07) is 5.36. The van der Waals surface area contributed by atoms with Crippen LogP contribution < -0.4 is 14.8 Å². The SMILES string of the molecule is CCOc1ccc(CC(=O)NCCCn2nc(C(F)(F)F)c(Cl)c2C2CC2)cc1OCC. The fourth-order valence-corrected chi connectivity index (χ4v) is 3.86. The number of amides is 1. The van der Waals surface area contributed by atoms with Gasteiger partial charge in [-0.2, -0.15) is 18.3 Å². The van der Waals surface area contributed by atoms with Crippen LogP contribution in [0.25, 0.3) is 0 Å². The minimum absolute atomic E-state index is 0.0277. The predicted octanol–water partition coefficient (Wildman–Crippen LogP) is 4.98. The van der Waals surface area contributed by atoms with Crippen molar-refractivity contribution in [3.8, 4) is 11.5 Å². The lowest BCUT2D eigenvalue weighted by atomic mass is 10.1. The summed E-state index contributed by atoms with van der Waals surface area (Å²) in [4.78, 5) is 12.3. The minimum Gasteiger partial charge on any atom is -0.490 e. The second-order valence-electron chi connectivity index (χ2n) is 7.57. The first-order valence-corrected chi connectivity index (χ1v) is 11.1. The minimum atomic E-state index is -4.59. The molecule has 6 nitrogen and oxygen atoms in total. The average molecular weight is 474 g/mol. The van der Waals surface area contributed by atoms with Crippen LogP contribution in [-0.4, -0.2) is 35.4 Å². The van der Waals surface area contributed by atoms with Gasteiger partial charge in [-0.05, 0) is 50.8 Å². The number of rotatable bonds is 11. The Morgan fingerprint density at radius 2 is 1.91 bits per heavy atom. The number of benzene rings is 1. The Morgan fingerprint density at radius 3 is 2.53 bits per heavy atom. The van der Waals surface area contributed by atoms with E-state index in [1.54, 1.807) is 18.2 Å². The Kier molecular flexibility index (Phi) is 7.92. The molecule has 0 bridgehead atoms. The number of halogens is 4. The molecule has 1 fully saturated rings. The first-order chi connectivity index (χ1) is 15.2. The summed E-state index contributed by atoms with van der Waals surface area (Å²) in [5.41, 5.74) is 0.188. The Bertz CT molecular complexity index is 942. The molecule has 0 saturated heterocycles. The van der Waals surface area contributed by atoms with Crippen molar-refractivity contribution in [1.82, 2.24) is 15.1 Å². The summed E-state index contributed by atoms with van der Waals surface area (Å²) in [6.45, 7) is 5.30. The van der Waals surface area contributed by atoms with Crippen molar-refractivity contribution >= 4 is 17.5 Å². The fraction of sp³-hybridized carbons (Fsp3) is 0.545. The van der Waals surface area contributed by atoms with E-state index in [0.717, 1.165) is 18.4 Å². The van der Waals surface area contributed by atoms with Gasteiger partial charge in [-0.25, -0.2) is 0 Å². The van der Waals surface area contributed by atoms with Crippen molar-refractivity contribution in [2.75, 3.05) is 19.8 Å². The van der Waals surface area contributed by atoms with Crippen molar-refractivity contribution < 1.29 is 27.4 Å². The van der Waals surface area contributed by atoms with Crippen molar-refractivity contribution in [1.29, 1.82) is 0 Å². The standard InChI is InChI=1S/C22H27ClF3N3O3/c1-3-31-16-9-6-14(12-17(16)32-4-2)13-18(30)27-10-5-11-29-20(15-7-8-15)19(23)21(28-29)22(24,25)26/h6,9,12,15H,3-5,7-8,10-11,13H2,1-2H3,(H,27,30). The van der Waals surface area contributed by atoms with Gasteiger partial charge in [0, 0.05) is 19.0 Å². The zero-order valence-electron chi connectivity index (χ0n) is 18.1. The molecule has 1 aromatic carbocycles. The molecule has 1 heterocycles. The lowest BCUT2D eigenvalue weighted by Gasteiger charge is -2.12. The normalized spacial score (nSPS) is 13.8. The van der Waals surface area contributed by atoms with Gasteiger partial charge in [-0.1, -0.05) is 17.7 Å². The molecule has 1 aliphatic rings. The van der Waals surface area contributed by atoms with Gasteiger partial charge in [0.1, 0.15) is 0 Å². The van der Waals surface area contributed by atoms with Gasteiger partial charge in [0.15, 0.2) is 17.2 Å². The quantitative estimate of drug-likeness (QED) is 0.467. The molecule has 0 spiro atoms. The maximum absolute atomic E-state index is 13.1. The summed E-state index contributed by atoms with van der Waals surface area (Å²) in [7, 11) is 0. The molecular weight excluding hydrogens is 447 g/mol. The molecule has 32 heavy (non-hydrogen) atoms. The van der Waals surface area contributed by atoms with Crippen LogP contribution >= 0.6 is 11.6 Å². The van der Waals surface area contributed by atoms with E-state index in [4.69, 9.17) is 21.1 Å². The highest BCUT2D eigenvalue weighted by molar-refractivity contribution is 6.32. The summed E-state index contributed by atoms with van der Waals surface area (Å²) in [6.07, 6.45) is -2.37. The molecule has 3 rings (SSSR count). The van der Waals surface area contributed by atoms with E-state index >= 15 is 0 Å². The van der Waals surface area contributed by atoms with E-state index in [9.17, 15) is 18.0 Å². The number of aromatic nitrogens is 2. The molecule has 0 atom stereocenters. The molecule has 0 unspecified atom stereocenters. The maximum Gasteiger partial charge on any atom is 0.436 e. The lowest BCUT2D eigenvalue weighted by molar-refractivity contribution is -0.141. The maximum atomic E-state index is 13.1. The van der Waals surface area contributed by atoms with Gasteiger partial charge < -0.3 is 14.8 Å². The highest BCUT2D eigenvalue weighted by atomic mass is 35.5. The van der Waals surface area contributed by atoms with Crippen LogP contribution in [0.15, 0.2) is 18.2 Å². The smallest absolute Gasteiger partial charge is 0.436 e. The summed E-state index contributed by atoms with van der Waals surface area (Å²) in [5, 5.41) is 6.20. The molecule has 176 valence electrons. The number of carbonyl (C=O) groups is 1. The Balaban J connectivity index is 1.53. The van der Waals surface area contributed by atoms with Crippen molar-refractivity contribution in [3.05, 3.63) is 40.2 Å². The average Bonchev–Trinajstić information content (AvgIpc) is 3.49. The number of hydrogen-bond donors (Lipinski definition) is 1. The van der Waals surface area contributed by atoms with E-state index in [-0.39, 0.29) is 29.8 Å². The number of alkyl halides is 3. The van der Waals surface area contributed by atoms with Crippen molar-refractivity contribution in [2.24, 2.45) is 0 Å². The van der Waals surface area contributed by atoms with Gasteiger partial charge in [0.2, 0.25) is 5.91 Å². The second-order valence-corrected chi connectivity index (χ2v) is 7.95. The van der Waals surface area contributed by atoms with Gasteiger partial charge in [0.25, 0.3) is 0 Å². The van der Waals surface area contributed by atoms with Gasteiger partial charge in [-0.15, -0.1) is 0 Å². The fourth-order valence-electron chi connectivity index (χ4n) is 3.46. The zero-order chi connectivity index (χ0) is 23.3. The van der Waals surface area contributed by atoms with Crippen LogP contribution in [0, 0.1) is 0 Å². The van der Waals surface area contributed by atoms with E-state index < -0.39 is 11.9 Å². The van der Waals surface area contributed by atoms with Crippen LogP contribution in [-0.2, 0) is 23.9 Å². The third-order valence-corrected chi connectivity index (χ3v) is 5.38. The van der Waals surface area contributed by atoms with Gasteiger partial charge in [-0.3, -0.25) is 9.48 Å². The van der Waals surface area contributed by atoms with Crippen molar-refractivity contribution in [2.45, 2.75) is 58.2 Å². The number of ether oxygens (including phenoxy) is 2. The highest BCUT2D eigenvalue weighted by Gasteiger charge is 2.41. The molecule has 2 aromatic rings. The molecule has 1 amide bonds. The van der Waals surface area contributed by atoms with Crippen LogP contribution in [0.2, 0.25) is 5.02 Å². The molecule has 1 N–H and O–H groups in total. The van der Waals surface area contributed by atoms with Crippen molar-refractivity contribution in [3.63, 3.8) is 0 Å². The first kappa shape index (κ1) is 24.2. The summed E-state index contributed by atoms with van der Waals surface area (Å²) in [5.74, 6) is 1.05. The number of carbonyl (C=O) groups excluding carboxylic acids is 1. The zero-order valence-corrected chi connectivity index (χ0v) is 18.9. The van der Waals surface area contributed by atoms with E-state index in [0.29, 0.717) is 43.4 Å². The molecule has 1 aromatic heterocycles. The van der Waals surface area contributed by atoms with Crippen LogP contribution in [0.5, 0.6) is 11.5 Å². The molecule has 1 saturated carbocycles. The topological polar surface area (TPSA) is 65.4 Å². The second kappa shape index (κ2) is 10.5. The monoisotopic (exact) mass is 473 g/mol. The number of nitrogens with one attached hydrogen (secondary N) is 1.